The van der Waals surface area contributed by atoms with Crippen LogP contribution in [0.5, 0.6) is 0 Å². The third-order valence-electron chi connectivity index (χ3n) is 3.65. The molecule has 106 valence electrons. The molecular formula is C15H20N4O. The molecule has 20 heavy (non-hydrogen) atoms. The highest BCUT2D eigenvalue weighted by atomic mass is 16.2. The highest BCUT2D eigenvalue weighted by molar-refractivity contribution is 5.79. The van der Waals surface area contributed by atoms with Gasteiger partial charge in [0.2, 0.25) is 5.91 Å². The van der Waals surface area contributed by atoms with Gasteiger partial charge in [0, 0.05) is 18.0 Å². The molecule has 0 aliphatic heterocycles. The van der Waals surface area contributed by atoms with Crippen LogP contribution in [-0.4, -0.2) is 15.7 Å². The van der Waals surface area contributed by atoms with Crippen LogP contribution in [0.2, 0.25) is 0 Å². The lowest BCUT2D eigenvalue weighted by Crippen LogP contribution is -2.32. The van der Waals surface area contributed by atoms with Crippen molar-refractivity contribution in [3.63, 3.8) is 0 Å². The molecule has 1 aromatic rings. The fourth-order valence-electron chi connectivity index (χ4n) is 2.45. The number of nitrogens with zero attached hydrogens (tertiary/aromatic N) is 4. The van der Waals surface area contributed by atoms with Crippen LogP contribution in [0.25, 0.3) is 0 Å². The molecule has 0 radical (unpaired) electrons. The predicted octanol–water partition coefficient (Wildman–Crippen LogP) is 2.86. The Bertz CT molecular complexity index is 572. The Labute approximate surface area is 119 Å². The van der Waals surface area contributed by atoms with Crippen molar-refractivity contribution >= 4 is 5.91 Å². The lowest BCUT2D eigenvalue weighted by atomic mass is 9.71. The standard InChI is InChI=1S/C15H20N4O/c1-10(2)13(15(5,8-16)9-17)7-14(20)19-12(4)6-11(3)18-19/h6,10,13H,7H2,1-5H3/t13-/m0/s1. The maximum absolute atomic E-state index is 12.4. The van der Waals surface area contributed by atoms with Gasteiger partial charge in [0.25, 0.3) is 0 Å². The number of nitriles is 2. The first kappa shape index (κ1) is 15.9. The third kappa shape index (κ3) is 3.05. The summed E-state index contributed by atoms with van der Waals surface area (Å²) in [4.78, 5) is 12.4. The van der Waals surface area contributed by atoms with E-state index in [0.717, 1.165) is 11.4 Å². The quantitative estimate of drug-likeness (QED) is 0.843. The summed E-state index contributed by atoms with van der Waals surface area (Å²) < 4.78 is 1.36. The first-order valence-corrected chi connectivity index (χ1v) is 6.64. The van der Waals surface area contributed by atoms with Crippen molar-refractivity contribution in [2.45, 2.75) is 41.0 Å². The smallest absolute Gasteiger partial charge is 0.247 e. The highest BCUT2D eigenvalue weighted by Crippen LogP contribution is 2.35. The monoisotopic (exact) mass is 272 g/mol. The molecule has 0 aliphatic rings. The zero-order chi connectivity index (χ0) is 15.5. The number of rotatable bonds is 4. The van der Waals surface area contributed by atoms with E-state index in [2.05, 4.69) is 5.10 Å². The largest absolute Gasteiger partial charge is 0.273 e. The molecular weight excluding hydrogens is 252 g/mol. The van der Waals surface area contributed by atoms with Crippen molar-refractivity contribution in [3.8, 4) is 12.1 Å². The molecule has 1 aromatic heterocycles. The van der Waals surface area contributed by atoms with Crippen molar-refractivity contribution in [3.05, 3.63) is 17.5 Å². The summed E-state index contributed by atoms with van der Waals surface area (Å²) in [6.45, 7) is 9.08. The fraction of sp³-hybridized carbons (Fsp3) is 0.600. The van der Waals surface area contributed by atoms with Crippen molar-refractivity contribution in [2.75, 3.05) is 0 Å². The molecule has 1 rings (SSSR count). The molecule has 0 saturated carbocycles. The number of carbonyl (C=O) groups is 1. The van der Waals surface area contributed by atoms with Crippen LogP contribution in [0, 0.1) is 53.8 Å². The van der Waals surface area contributed by atoms with E-state index in [1.807, 2.05) is 45.9 Å². The van der Waals surface area contributed by atoms with Gasteiger partial charge >= 0.3 is 0 Å². The minimum absolute atomic E-state index is 0.0558. The molecule has 0 fully saturated rings. The Hall–Kier alpha value is -2.14. The molecule has 5 nitrogen and oxygen atoms in total. The van der Waals surface area contributed by atoms with Crippen molar-refractivity contribution in [1.82, 2.24) is 9.78 Å². The summed E-state index contributed by atoms with van der Waals surface area (Å²) in [5, 5.41) is 22.6. The molecule has 1 atom stereocenters. The molecule has 5 heteroatoms. The summed E-state index contributed by atoms with van der Waals surface area (Å²) in [6.07, 6.45) is 0.136. The van der Waals surface area contributed by atoms with E-state index in [1.165, 1.54) is 4.68 Å². The van der Waals surface area contributed by atoms with Gasteiger partial charge in [-0.05, 0) is 32.8 Å². The first-order chi connectivity index (χ1) is 9.25. The van der Waals surface area contributed by atoms with E-state index in [4.69, 9.17) is 0 Å². The maximum Gasteiger partial charge on any atom is 0.247 e. The molecule has 0 aliphatic carbocycles. The van der Waals surface area contributed by atoms with Crippen LogP contribution in [0.15, 0.2) is 6.07 Å². The first-order valence-electron chi connectivity index (χ1n) is 6.64. The molecule has 0 saturated heterocycles. The van der Waals surface area contributed by atoms with E-state index in [0.29, 0.717) is 0 Å². The summed E-state index contributed by atoms with van der Waals surface area (Å²) in [6, 6.07) is 5.92. The SMILES string of the molecule is Cc1cc(C)n(C(=O)C[C@@H](C(C)C)C(C)(C#N)C#N)n1. The fourth-order valence-corrected chi connectivity index (χ4v) is 2.45. The van der Waals surface area contributed by atoms with Crippen molar-refractivity contribution < 1.29 is 4.79 Å². The normalized spacial score (nSPS) is 12.8. The summed E-state index contributed by atoms with van der Waals surface area (Å²) in [5.74, 6) is -0.444. The number of hydrogen-bond acceptors (Lipinski definition) is 4. The van der Waals surface area contributed by atoms with E-state index in [9.17, 15) is 15.3 Å². The van der Waals surface area contributed by atoms with E-state index in [1.54, 1.807) is 6.92 Å². The van der Waals surface area contributed by atoms with Gasteiger partial charge in [0.1, 0.15) is 5.41 Å². The number of carbonyl (C=O) groups excluding carboxylic acids is 1. The Morgan fingerprint density at radius 1 is 1.40 bits per heavy atom. The highest BCUT2D eigenvalue weighted by Gasteiger charge is 2.38. The van der Waals surface area contributed by atoms with Crippen molar-refractivity contribution in [1.29, 1.82) is 10.5 Å². The maximum atomic E-state index is 12.4. The molecule has 0 unspecified atom stereocenters. The van der Waals surface area contributed by atoms with Crippen LogP contribution in [-0.2, 0) is 0 Å². The van der Waals surface area contributed by atoms with Gasteiger partial charge in [-0.1, -0.05) is 13.8 Å². The minimum Gasteiger partial charge on any atom is -0.273 e. The minimum atomic E-state index is -1.17. The van der Waals surface area contributed by atoms with Gasteiger partial charge in [-0.25, -0.2) is 4.68 Å². The molecule has 0 amide bonds. The van der Waals surface area contributed by atoms with Gasteiger partial charge in [0.15, 0.2) is 0 Å². The topological polar surface area (TPSA) is 82.5 Å². The second-order valence-electron chi connectivity index (χ2n) is 5.71. The predicted molar refractivity (Wildman–Crippen MR) is 74.6 cm³/mol. The number of aromatic nitrogens is 2. The second-order valence-corrected chi connectivity index (χ2v) is 5.71. The zero-order valence-corrected chi connectivity index (χ0v) is 12.6. The van der Waals surface area contributed by atoms with Gasteiger partial charge in [-0.15, -0.1) is 0 Å². The Morgan fingerprint density at radius 2 is 1.95 bits per heavy atom. The Kier molecular flexibility index (Phi) is 4.68. The molecule has 0 N–H and O–H groups in total. The van der Waals surface area contributed by atoms with Gasteiger partial charge in [0.05, 0.1) is 17.8 Å². The average molecular weight is 272 g/mol. The Balaban J connectivity index is 3.05. The van der Waals surface area contributed by atoms with Crippen molar-refractivity contribution in [2.24, 2.45) is 17.3 Å². The van der Waals surface area contributed by atoms with Crippen LogP contribution in [0.3, 0.4) is 0 Å². The lowest BCUT2D eigenvalue weighted by Gasteiger charge is -2.28. The lowest BCUT2D eigenvalue weighted by molar-refractivity contribution is 0.0814. The molecule has 0 aromatic carbocycles. The molecule has 1 heterocycles. The summed E-state index contributed by atoms with van der Waals surface area (Å²) in [7, 11) is 0. The zero-order valence-electron chi connectivity index (χ0n) is 12.6. The van der Waals surface area contributed by atoms with Crippen LogP contribution in [0.4, 0.5) is 0 Å². The van der Waals surface area contributed by atoms with Crippen LogP contribution < -0.4 is 0 Å². The van der Waals surface area contributed by atoms with Gasteiger partial charge in [-0.3, -0.25) is 4.79 Å². The van der Waals surface area contributed by atoms with E-state index >= 15 is 0 Å². The van der Waals surface area contributed by atoms with Gasteiger partial charge in [-0.2, -0.15) is 15.6 Å². The number of aryl methyl sites for hydroxylation is 2. The van der Waals surface area contributed by atoms with Crippen LogP contribution in [0.1, 0.15) is 43.4 Å². The summed E-state index contributed by atoms with van der Waals surface area (Å²) >= 11 is 0. The Morgan fingerprint density at radius 3 is 2.30 bits per heavy atom. The molecule has 0 bridgehead atoms. The second kappa shape index (κ2) is 5.88. The van der Waals surface area contributed by atoms with Gasteiger partial charge < -0.3 is 0 Å². The van der Waals surface area contributed by atoms with E-state index in [-0.39, 0.29) is 24.2 Å². The van der Waals surface area contributed by atoms with E-state index < -0.39 is 5.41 Å². The molecule has 0 spiro atoms. The van der Waals surface area contributed by atoms with Crippen LogP contribution >= 0.6 is 0 Å². The summed E-state index contributed by atoms with van der Waals surface area (Å²) in [5.41, 5.74) is 0.380. The number of hydrogen-bond donors (Lipinski definition) is 0. The third-order valence-corrected chi connectivity index (χ3v) is 3.65. The average Bonchev–Trinajstić information content (AvgIpc) is 2.73.